The number of nitro groups is 1. The highest BCUT2D eigenvalue weighted by Gasteiger charge is 2.13. The highest BCUT2D eigenvalue weighted by atomic mass is 16.6. The van der Waals surface area contributed by atoms with Crippen LogP contribution < -0.4 is 4.74 Å². The van der Waals surface area contributed by atoms with E-state index in [-0.39, 0.29) is 18.0 Å². The number of benzene rings is 1. The van der Waals surface area contributed by atoms with Gasteiger partial charge in [-0.1, -0.05) is 12.1 Å². The number of para-hydroxylation sites is 2. The Balaban J connectivity index is 2.63. The predicted octanol–water partition coefficient (Wildman–Crippen LogP) is 1.74. The van der Waals surface area contributed by atoms with Gasteiger partial charge in [0, 0.05) is 12.5 Å². The molecule has 1 aromatic carbocycles. The lowest BCUT2D eigenvalue weighted by atomic mass is 10.3. The normalized spacial score (nSPS) is 12.1. The summed E-state index contributed by atoms with van der Waals surface area (Å²) in [6.07, 6.45) is -0.0146. The van der Waals surface area contributed by atoms with Crippen LogP contribution in [-0.2, 0) is 0 Å². The van der Waals surface area contributed by atoms with E-state index in [1.807, 2.05) is 0 Å². The molecule has 1 rings (SSSR count). The molecule has 0 amide bonds. The molecule has 0 aliphatic carbocycles. The van der Waals surface area contributed by atoms with E-state index in [0.717, 1.165) is 0 Å². The van der Waals surface area contributed by atoms with Crippen molar-refractivity contribution >= 4 is 5.69 Å². The second kappa shape index (κ2) is 5.31. The Labute approximate surface area is 87.5 Å². The van der Waals surface area contributed by atoms with Gasteiger partial charge in [0.2, 0.25) is 0 Å². The summed E-state index contributed by atoms with van der Waals surface area (Å²) >= 11 is 0. The zero-order valence-electron chi connectivity index (χ0n) is 8.42. The van der Waals surface area contributed by atoms with Gasteiger partial charge in [-0.3, -0.25) is 10.1 Å². The highest BCUT2D eigenvalue weighted by molar-refractivity contribution is 5.45. The molecule has 0 aliphatic rings. The molecular weight excluding hydrogens is 198 g/mol. The lowest BCUT2D eigenvalue weighted by Crippen LogP contribution is -2.08. The Morgan fingerprint density at radius 1 is 1.53 bits per heavy atom. The van der Waals surface area contributed by atoms with Crippen molar-refractivity contribution in [2.45, 2.75) is 19.4 Å². The average Bonchev–Trinajstić information content (AvgIpc) is 2.17. The fraction of sp³-hybridized carbons (Fsp3) is 0.400. The smallest absolute Gasteiger partial charge is 0.310 e. The fourth-order valence-electron chi connectivity index (χ4n) is 1.07. The molecule has 0 fully saturated rings. The van der Waals surface area contributed by atoms with Crippen molar-refractivity contribution in [2.75, 3.05) is 6.61 Å². The molecule has 0 spiro atoms. The minimum Gasteiger partial charge on any atom is -0.487 e. The Kier molecular flexibility index (Phi) is 4.05. The van der Waals surface area contributed by atoms with Crippen molar-refractivity contribution in [1.82, 2.24) is 0 Å². The predicted molar refractivity (Wildman–Crippen MR) is 54.9 cm³/mol. The van der Waals surface area contributed by atoms with Crippen LogP contribution in [0.1, 0.15) is 13.3 Å². The lowest BCUT2D eigenvalue weighted by molar-refractivity contribution is -0.385. The van der Waals surface area contributed by atoms with Gasteiger partial charge in [0.05, 0.1) is 17.6 Å². The standard InChI is InChI=1S/C10H13NO4/c1-8(12)6-7-15-10-5-3-2-4-9(10)11(13)14/h2-5,8,12H,6-7H2,1H3. The highest BCUT2D eigenvalue weighted by Crippen LogP contribution is 2.25. The lowest BCUT2D eigenvalue weighted by Gasteiger charge is -2.07. The Bertz CT molecular complexity index is 338. The van der Waals surface area contributed by atoms with Crippen LogP contribution in [0.5, 0.6) is 5.75 Å². The number of nitrogens with zero attached hydrogens (tertiary/aromatic N) is 1. The topological polar surface area (TPSA) is 72.6 Å². The van der Waals surface area contributed by atoms with Crippen LogP contribution in [-0.4, -0.2) is 22.7 Å². The minimum absolute atomic E-state index is 0.0527. The molecule has 0 saturated heterocycles. The summed E-state index contributed by atoms with van der Waals surface area (Å²) < 4.78 is 5.21. The Morgan fingerprint density at radius 2 is 2.20 bits per heavy atom. The SMILES string of the molecule is CC(O)CCOc1ccccc1[N+](=O)[O-]. The summed E-state index contributed by atoms with van der Waals surface area (Å²) in [5, 5.41) is 19.6. The molecule has 0 aromatic heterocycles. The Hall–Kier alpha value is -1.62. The summed E-state index contributed by atoms with van der Waals surface area (Å²) in [5.41, 5.74) is -0.0527. The summed E-state index contributed by atoms with van der Waals surface area (Å²) in [4.78, 5) is 10.1. The van der Waals surface area contributed by atoms with E-state index < -0.39 is 11.0 Å². The van der Waals surface area contributed by atoms with Gasteiger partial charge >= 0.3 is 5.69 Å². The number of ether oxygens (including phenoxy) is 1. The van der Waals surface area contributed by atoms with E-state index in [0.29, 0.717) is 6.42 Å². The van der Waals surface area contributed by atoms with Crippen LogP contribution in [0.2, 0.25) is 0 Å². The first-order chi connectivity index (χ1) is 7.11. The number of hydrogen-bond donors (Lipinski definition) is 1. The van der Waals surface area contributed by atoms with Crippen molar-refractivity contribution in [3.63, 3.8) is 0 Å². The van der Waals surface area contributed by atoms with Gasteiger partial charge in [0.1, 0.15) is 0 Å². The van der Waals surface area contributed by atoms with Gasteiger partial charge in [0.15, 0.2) is 5.75 Å². The van der Waals surface area contributed by atoms with E-state index in [9.17, 15) is 10.1 Å². The monoisotopic (exact) mass is 211 g/mol. The maximum atomic E-state index is 10.6. The van der Waals surface area contributed by atoms with E-state index in [1.165, 1.54) is 6.07 Å². The van der Waals surface area contributed by atoms with Gasteiger partial charge in [-0.25, -0.2) is 0 Å². The number of aliphatic hydroxyl groups is 1. The summed E-state index contributed by atoms with van der Waals surface area (Å²) in [6, 6.07) is 6.18. The molecule has 0 aliphatic heterocycles. The van der Waals surface area contributed by atoms with Crippen molar-refractivity contribution in [3.05, 3.63) is 34.4 Å². The summed E-state index contributed by atoms with van der Waals surface area (Å²) in [5.74, 6) is 0.239. The third-order valence-corrected chi connectivity index (χ3v) is 1.86. The Morgan fingerprint density at radius 3 is 2.80 bits per heavy atom. The quantitative estimate of drug-likeness (QED) is 0.594. The van der Waals surface area contributed by atoms with Crippen LogP contribution in [0, 0.1) is 10.1 Å². The maximum Gasteiger partial charge on any atom is 0.310 e. The molecule has 1 unspecified atom stereocenters. The van der Waals surface area contributed by atoms with Crippen molar-refractivity contribution in [3.8, 4) is 5.75 Å². The van der Waals surface area contributed by atoms with E-state index in [1.54, 1.807) is 25.1 Å². The molecule has 0 bridgehead atoms. The molecule has 1 N–H and O–H groups in total. The first kappa shape index (κ1) is 11.5. The molecule has 1 atom stereocenters. The second-order valence-electron chi connectivity index (χ2n) is 3.21. The number of aliphatic hydroxyl groups excluding tert-OH is 1. The van der Waals surface area contributed by atoms with Crippen molar-refractivity contribution < 1.29 is 14.8 Å². The summed E-state index contributed by atoms with van der Waals surface area (Å²) in [6.45, 7) is 1.91. The van der Waals surface area contributed by atoms with Gasteiger partial charge in [-0.15, -0.1) is 0 Å². The van der Waals surface area contributed by atoms with Gasteiger partial charge in [-0.2, -0.15) is 0 Å². The second-order valence-corrected chi connectivity index (χ2v) is 3.21. The zero-order valence-corrected chi connectivity index (χ0v) is 8.42. The maximum absolute atomic E-state index is 10.6. The molecule has 5 heteroatoms. The third kappa shape index (κ3) is 3.55. The molecule has 82 valence electrons. The summed E-state index contributed by atoms with van der Waals surface area (Å²) in [7, 11) is 0. The van der Waals surface area contributed by atoms with Gasteiger partial charge in [0.25, 0.3) is 0 Å². The van der Waals surface area contributed by atoms with Gasteiger partial charge < -0.3 is 9.84 Å². The third-order valence-electron chi connectivity index (χ3n) is 1.86. The van der Waals surface area contributed by atoms with Crippen LogP contribution in [0.25, 0.3) is 0 Å². The van der Waals surface area contributed by atoms with Crippen molar-refractivity contribution in [1.29, 1.82) is 0 Å². The van der Waals surface area contributed by atoms with Crippen LogP contribution in [0.3, 0.4) is 0 Å². The molecule has 1 aromatic rings. The average molecular weight is 211 g/mol. The molecule has 0 heterocycles. The van der Waals surface area contributed by atoms with Crippen LogP contribution in [0.15, 0.2) is 24.3 Å². The van der Waals surface area contributed by atoms with Crippen LogP contribution in [0.4, 0.5) is 5.69 Å². The number of rotatable bonds is 5. The number of nitro benzene ring substituents is 1. The van der Waals surface area contributed by atoms with Crippen molar-refractivity contribution in [2.24, 2.45) is 0 Å². The first-order valence-electron chi connectivity index (χ1n) is 4.65. The molecular formula is C10H13NO4. The first-order valence-corrected chi connectivity index (χ1v) is 4.65. The molecule has 0 radical (unpaired) electrons. The van der Waals surface area contributed by atoms with E-state index >= 15 is 0 Å². The molecule has 0 saturated carbocycles. The van der Waals surface area contributed by atoms with E-state index in [2.05, 4.69) is 0 Å². The van der Waals surface area contributed by atoms with Gasteiger partial charge in [-0.05, 0) is 13.0 Å². The molecule has 15 heavy (non-hydrogen) atoms. The minimum atomic E-state index is -0.488. The largest absolute Gasteiger partial charge is 0.487 e. The number of hydrogen-bond acceptors (Lipinski definition) is 4. The zero-order chi connectivity index (χ0) is 11.3. The van der Waals surface area contributed by atoms with E-state index in [4.69, 9.17) is 9.84 Å². The molecule has 5 nitrogen and oxygen atoms in total. The van der Waals surface area contributed by atoms with Crippen LogP contribution >= 0.6 is 0 Å². The fourth-order valence-corrected chi connectivity index (χ4v) is 1.07.